The van der Waals surface area contributed by atoms with E-state index >= 15 is 0 Å². The first-order valence-corrected chi connectivity index (χ1v) is 5.59. The van der Waals surface area contributed by atoms with Crippen LogP contribution >= 0.6 is 0 Å². The molecule has 1 aliphatic heterocycles. The van der Waals surface area contributed by atoms with Crippen molar-refractivity contribution < 1.29 is 9.47 Å². The van der Waals surface area contributed by atoms with Crippen LogP contribution in [0.15, 0.2) is 24.3 Å². The Morgan fingerprint density at radius 1 is 1.19 bits per heavy atom. The molecule has 0 saturated carbocycles. The number of hydrogen-bond acceptors (Lipinski definition) is 3. The Labute approximate surface area is 95.9 Å². The van der Waals surface area contributed by atoms with Crippen molar-refractivity contribution in [3.8, 4) is 5.75 Å². The Hall–Kier alpha value is -1.26. The van der Waals surface area contributed by atoms with Crippen molar-refractivity contribution in [2.75, 3.05) is 39.5 Å². The molecule has 1 fully saturated rings. The third-order valence-electron chi connectivity index (χ3n) is 2.63. The maximum absolute atomic E-state index is 7.35. The maximum atomic E-state index is 7.35. The van der Waals surface area contributed by atoms with Crippen LogP contribution in [-0.4, -0.2) is 44.4 Å². The molecule has 0 aliphatic carbocycles. The first-order chi connectivity index (χ1) is 7.84. The average molecular weight is 221 g/mol. The van der Waals surface area contributed by atoms with Gasteiger partial charge >= 0.3 is 0 Å². The zero-order chi connectivity index (χ0) is 11.2. The number of nitrogens with one attached hydrogen (secondary N) is 1. The van der Waals surface area contributed by atoms with Crippen molar-refractivity contribution in [2.24, 2.45) is 0 Å². The highest BCUT2D eigenvalue weighted by Gasteiger charge is 2.09. The fourth-order valence-corrected chi connectivity index (χ4v) is 1.67. The van der Waals surface area contributed by atoms with E-state index in [1.807, 2.05) is 12.1 Å². The Bertz CT molecular complexity index is 307. The molecule has 0 atom stereocenters. The Morgan fingerprint density at radius 2 is 1.88 bits per heavy atom. The minimum Gasteiger partial charge on any atom is -0.492 e. The third kappa shape index (κ3) is 3.40. The maximum Gasteiger partial charge on any atom is 0.119 e. The summed E-state index contributed by atoms with van der Waals surface area (Å²) in [6, 6.07) is 7.15. The number of rotatable bonds is 4. The highest BCUT2D eigenvalue weighted by atomic mass is 16.5. The molecule has 4 nitrogen and oxygen atoms in total. The monoisotopic (exact) mass is 221 g/mol. The van der Waals surface area contributed by atoms with Crippen LogP contribution in [0.1, 0.15) is 0 Å². The molecule has 87 valence electrons. The van der Waals surface area contributed by atoms with Crippen molar-refractivity contribution in [1.29, 1.82) is 0 Å². The van der Waals surface area contributed by atoms with Gasteiger partial charge in [0.15, 0.2) is 0 Å². The lowest BCUT2D eigenvalue weighted by Gasteiger charge is -2.26. The largest absolute Gasteiger partial charge is 0.492 e. The van der Waals surface area contributed by atoms with Gasteiger partial charge in [-0.3, -0.25) is 4.90 Å². The van der Waals surface area contributed by atoms with Crippen LogP contribution < -0.4 is 10.5 Å². The van der Waals surface area contributed by atoms with E-state index in [0.29, 0.717) is 12.3 Å². The Balaban J connectivity index is 1.69. The van der Waals surface area contributed by atoms with Crippen LogP contribution in [0.5, 0.6) is 5.75 Å². The van der Waals surface area contributed by atoms with E-state index < -0.39 is 0 Å². The van der Waals surface area contributed by atoms with Gasteiger partial charge in [-0.15, -0.1) is 0 Å². The normalized spacial score (nSPS) is 17.2. The summed E-state index contributed by atoms with van der Waals surface area (Å²) in [5.41, 5.74) is 7.87. The van der Waals surface area contributed by atoms with Gasteiger partial charge in [-0.1, -0.05) is 0 Å². The van der Waals surface area contributed by atoms with Crippen LogP contribution in [0.2, 0.25) is 0 Å². The van der Waals surface area contributed by atoms with Gasteiger partial charge in [0.1, 0.15) is 12.4 Å². The molecular weight excluding hydrogens is 204 g/mol. The molecule has 1 heterocycles. The summed E-state index contributed by atoms with van der Waals surface area (Å²) in [5, 5.41) is 0. The first-order valence-electron chi connectivity index (χ1n) is 5.59. The molecule has 4 heteroatoms. The van der Waals surface area contributed by atoms with Gasteiger partial charge in [0.05, 0.1) is 18.9 Å². The highest BCUT2D eigenvalue weighted by molar-refractivity contribution is 5.38. The summed E-state index contributed by atoms with van der Waals surface area (Å²) in [6.45, 7) is 5.27. The first kappa shape index (κ1) is 11.2. The molecule has 1 radical (unpaired) electrons. The van der Waals surface area contributed by atoms with E-state index in [1.54, 1.807) is 12.1 Å². The number of morpholine rings is 1. The minimum atomic E-state index is 0.514. The van der Waals surface area contributed by atoms with E-state index in [0.717, 1.165) is 38.6 Å². The summed E-state index contributed by atoms with van der Waals surface area (Å²) in [5.74, 6) is 0.837. The lowest BCUT2D eigenvalue weighted by atomic mass is 10.3. The molecule has 1 aliphatic rings. The molecular formula is C12H17N2O2. The smallest absolute Gasteiger partial charge is 0.119 e. The summed E-state index contributed by atoms with van der Waals surface area (Å²) >= 11 is 0. The molecule has 1 saturated heterocycles. The summed E-state index contributed by atoms with van der Waals surface area (Å²) < 4.78 is 10.9. The number of nitrogens with zero attached hydrogens (tertiary/aromatic N) is 1. The quantitative estimate of drug-likeness (QED) is 0.770. The Morgan fingerprint density at radius 3 is 2.56 bits per heavy atom. The second-order valence-corrected chi connectivity index (χ2v) is 3.83. The van der Waals surface area contributed by atoms with Crippen LogP contribution in [-0.2, 0) is 4.74 Å². The molecule has 0 spiro atoms. The van der Waals surface area contributed by atoms with Gasteiger partial charge < -0.3 is 15.2 Å². The second kappa shape index (κ2) is 5.72. The summed E-state index contributed by atoms with van der Waals surface area (Å²) in [7, 11) is 0. The fourth-order valence-electron chi connectivity index (χ4n) is 1.67. The molecule has 0 bridgehead atoms. The summed E-state index contributed by atoms with van der Waals surface area (Å²) in [6.07, 6.45) is 0. The predicted octanol–water partition coefficient (Wildman–Crippen LogP) is 1.31. The van der Waals surface area contributed by atoms with Crippen molar-refractivity contribution in [1.82, 2.24) is 10.6 Å². The van der Waals surface area contributed by atoms with E-state index in [4.69, 9.17) is 15.2 Å². The van der Waals surface area contributed by atoms with Gasteiger partial charge in [0.2, 0.25) is 0 Å². The van der Waals surface area contributed by atoms with Crippen molar-refractivity contribution in [2.45, 2.75) is 0 Å². The van der Waals surface area contributed by atoms with Crippen LogP contribution in [0, 0.1) is 0 Å². The van der Waals surface area contributed by atoms with E-state index in [1.165, 1.54) is 0 Å². The van der Waals surface area contributed by atoms with Crippen molar-refractivity contribution in [3.63, 3.8) is 0 Å². The topological polar surface area (TPSA) is 45.5 Å². The van der Waals surface area contributed by atoms with Crippen molar-refractivity contribution >= 4 is 5.69 Å². The van der Waals surface area contributed by atoms with Gasteiger partial charge in [0, 0.05) is 19.6 Å². The van der Waals surface area contributed by atoms with Crippen LogP contribution in [0.4, 0.5) is 5.69 Å². The van der Waals surface area contributed by atoms with Gasteiger partial charge in [-0.25, -0.2) is 0 Å². The highest BCUT2D eigenvalue weighted by Crippen LogP contribution is 2.13. The standard InChI is InChI=1S/C12H17N2O2/c13-11-1-3-12(4-2-11)16-10-7-14-5-8-15-9-6-14/h1-4,13H,5-10H2. The number of hydrogen-bond donors (Lipinski definition) is 0. The molecule has 1 aromatic rings. The van der Waals surface area contributed by atoms with E-state index in [9.17, 15) is 0 Å². The molecule has 16 heavy (non-hydrogen) atoms. The van der Waals surface area contributed by atoms with E-state index in [2.05, 4.69) is 4.90 Å². The van der Waals surface area contributed by atoms with Gasteiger partial charge in [-0.05, 0) is 24.3 Å². The van der Waals surface area contributed by atoms with Crippen molar-refractivity contribution in [3.05, 3.63) is 24.3 Å². The zero-order valence-corrected chi connectivity index (χ0v) is 9.32. The van der Waals surface area contributed by atoms with Gasteiger partial charge in [-0.2, -0.15) is 0 Å². The second-order valence-electron chi connectivity index (χ2n) is 3.83. The zero-order valence-electron chi connectivity index (χ0n) is 9.32. The molecule has 0 aromatic heterocycles. The van der Waals surface area contributed by atoms with Crippen LogP contribution in [0.25, 0.3) is 0 Å². The number of ether oxygens (including phenoxy) is 2. The fraction of sp³-hybridized carbons (Fsp3) is 0.500. The van der Waals surface area contributed by atoms with E-state index in [-0.39, 0.29) is 0 Å². The van der Waals surface area contributed by atoms with Crippen LogP contribution in [0.3, 0.4) is 0 Å². The minimum absolute atomic E-state index is 0.514. The average Bonchev–Trinajstić information content (AvgIpc) is 2.33. The molecule has 2 rings (SSSR count). The molecule has 0 unspecified atom stereocenters. The molecule has 0 amide bonds. The predicted molar refractivity (Wildman–Crippen MR) is 62.0 cm³/mol. The lowest BCUT2D eigenvalue weighted by Crippen LogP contribution is -2.38. The summed E-state index contributed by atoms with van der Waals surface area (Å²) in [4.78, 5) is 2.34. The van der Waals surface area contributed by atoms with Gasteiger partial charge in [0.25, 0.3) is 0 Å². The molecule has 1 N–H and O–H groups in total. The lowest BCUT2D eigenvalue weighted by molar-refractivity contribution is 0.0322. The molecule has 1 aromatic carbocycles. The SMILES string of the molecule is [NH]c1ccc(OCCN2CCOCC2)cc1. The third-order valence-corrected chi connectivity index (χ3v) is 2.63. The number of benzene rings is 1. The Kier molecular flexibility index (Phi) is 4.02.